The Labute approximate surface area is 215 Å². The van der Waals surface area contributed by atoms with Gasteiger partial charge in [0.15, 0.2) is 0 Å². The van der Waals surface area contributed by atoms with Gasteiger partial charge in [-0.05, 0) is 72.8 Å². The third kappa shape index (κ3) is 9.21. The van der Waals surface area contributed by atoms with Crippen LogP contribution < -0.4 is 16.0 Å². The molecular formula is C27H55N7O. The number of guanidine groups is 2. The summed E-state index contributed by atoms with van der Waals surface area (Å²) in [6.07, 6.45) is 9.70. The average Bonchev–Trinajstić information content (AvgIpc) is 2.78. The van der Waals surface area contributed by atoms with Crippen molar-refractivity contribution in [1.82, 2.24) is 25.9 Å². The van der Waals surface area contributed by atoms with E-state index < -0.39 is 0 Å². The fourth-order valence-corrected chi connectivity index (χ4v) is 5.28. The molecule has 35 heavy (non-hydrogen) atoms. The van der Waals surface area contributed by atoms with Crippen LogP contribution in [-0.2, 0) is 4.84 Å². The van der Waals surface area contributed by atoms with E-state index in [-0.39, 0.29) is 17.4 Å². The molecule has 2 aliphatic heterocycles. The molecule has 2 heterocycles. The van der Waals surface area contributed by atoms with Gasteiger partial charge in [0.2, 0.25) is 18.2 Å². The third-order valence-electron chi connectivity index (χ3n) is 6.80. The summed E-state index contributed by atoms with van der Waals surface area (Å²) in [6.45, 7) is 21.7. The van der Waals surface area contributed by atoms with Crippen LogP contribution in [0.5, 0.6) is 0 Å². The molecule has 0 amide bonds. The van der Waals surface area contributed by atoms with Crippen molar-refractivity contribution >= 4 is 11.9 Å². The minimum atomic E-state index is -0.250. The number of hydrogen-bond acceptors (Lipinski definition) is 8. The zero-order valence-electron chi connectivity index (χ0n) is 24.0. The minimum Gasteiger partial charge on any atom is -0.353 e. The van der Waals surface area contributed by atoms with E-state index in [1.807, 2.05) is 0 Å². The molecule has 8 heteroatoms. The third-order valence-corrected chi connectivity index (χ3v) is 6.80. The maximum absolute atomic E-state index is 6.22. The number of rotatable bonds is 14. The van der Waals surface area contributed by atoms with Crippen LogP contribution in [0.25, 0.3) is 0 Å². The number of hydrogen-bond donors (Lipinski definition) is 3. The van der Waals surface area contributed by atoms with Gasteiger partial charge in [0.1, 0.15) is 0 Å². The van der Waals surface area contributed by atoms with Crippen molar-refractivity contribution in [2.45, 2.75) is 137 Å². The first-order chi connectivity index (χ1) is 16.7. The lowest BCUT2D eigenvalue weighted by molar-refractivity contribution is -0.283. The molecule has 2 rings (SSSR count). The number of aliphatic imine (C=N–C) groups is 2. The standard InChI is InChI=1S/C27H55N7O/c1-9-13-16-28-23-30-24(32-25(31-23)33(17-14-10-2)18-15-11-3)29-22-20-26(5,6)34(35-19-12-4)27(7,8)21-22/h22-23,28H,9-21H2,1-8H3,(H2,29,30,31,32). The number of nitrogens with zero attached hydrogens (tertiary/aromatic N) is 4. The molecule has 1 fully saturated rings. The first-order valence-corrected chi connectivity index (χ1v) is 14.3. The Bertz CT molecular complexity index is 650. The molecule has 0 spiro atoms. The van der Waals surface area contributed by atoms with Crippen molar-refractivity contribution in [2.75, 3.05) is 26.2 Å². The zero-order valence-corrected chi connectivity index (χ0v) is 24.0. The van der Waals surface area contributed by atoms with Crippen LogP contribution in [0.15, 0.2) is 9.98 Å². The van der Waals surface area contributed by atoms with E-state index in [0.29, 0.717) is 6.04 Å². The highest BCUT2D eigenvalue weighted by atomic mass is 16.7. The van der Waals surface area contributed by atoms with Gasteiger partial charge in [0.05, 0.1) is 6.61 Å². The Morgan fingerprint density at radius 1 is 0.914 bits per heavy atom. The van der Waals surface area contributed by atoms with Crippen LogP contribution in [0.3, 0.4) is 0 Å². The molecule has 0 aromatic rings. The molecule has 0 bridgehead atoms. The maximum Gasteiger partial charge on any atom is 0.204 e. The van der Waals surface area contributed by atoms with Gasteiger partial charge in [-0.1, -0.05) is 47.0 Å². The summed E-state index contributed by atoms with van der Waals surface area (Å²) in [5.74, 6) is 1.78. The number of piperidine rings is 1. The van der Waals surface area contributed by atoms with Crippen LogP contribution in [0.4, 0.5) is 0 Å². The number of hydroxylamine groups is 2. The predicted molar refractivity (Wildman–Crippen MR) is 148 cm³/mol. The van der Waals surface area contributed by atoms with Gasteiger partial charge in [-0.25, -0.2) is 9.98 Å². The highest BCUT2D eigenvalue weighted by Crippen LogP contribution is 2.38. The van der Waals surface area contributed by atoms with Crippen LogP contribution in [0.1, 0.15) is 113 Å². The van der Waals surface area contributed by atoms with E-state index >= 15 is 0 Å². The van der Waals surface area contributed by atoms with Crippen molar-refractivity contribution in [2.24, 2.45) is 9.98 Å². The van der Waals surface area contributed by atoms with Crippen LogP contribution in [0.2, 0.25) is 0 Å². The monoisotopic (exact) mass is 493 g/mol. The second-order valence-electron chi connectivity index (χ2n) is 11.4. The smallest absolute Gasteiger partial charge is 0.204 e. The second-order valence-corrected chi connectivity index (χ2v) is 11.4. The lowest BCUT2D eigenvalue weighted by Crippen LogP contribution is -2.65. The van der Waals surface area contributed by atoms with E-state index in [4.69, 9.17) is 14.8 Å². The fraction of sp³-hybridized carbons (Fsp3) is 0.926. The maximum atomic E-state index is 6.22. The molecule has 1 unspecified atom stereocenters. The van der Waals surface area contributed by atoms with Crippen molar-refractivity contribution in [3.63, 3.8) is 0 Å². The first kappa shape index (κ1) is 29.8. The summed E-state index contributed by atoms with van der Waals surface area (Å²) in [5, 5.41) is 13.1. The largest absolute Gasteiger partial charge is 0.353 e. The Hall–Kier alpha value is -1.38. The zero-order chi connectivity index (χ0) is 25.9. The first-order valence-electron chi connectivity index (χ1n) is 14.3. The average molecular weight is 494 g/mol. The summed E-state index contributed by atoms with van der Waals surface area (Å²) < 4.78 is 0. The Morgan fingerprint density at radius 2 is 1.51 bits per heavy atom. The molecule has 8 nitrogen and oxygen atoms in total. The highest BCUT2D eigenvalue weighted by Gasteiger charge is 2.46. The molecule has 0 aromatic heterocycles. The summed E-state index contributed by atoms with van der Waals surface area (Å²) in [6, 6.07) is 0.295. The Morgan fingerprint density at radius 3 is 2.06 bits per heavy atom. The number of nitrogens with one attached hydrogen (secondary N) is 3. The van der Waals surface area contributed by atoms with E-state index in [1.165, 1.54) is 12.8 Å². The molecule has 0 saturated carbocycles. The van der Waals surface area contributed by atoms with E-state index in [9.17, 15) is 0 Å². The molecular weight excluding hydrogens is 438 g/mol. The van der Waals surface area contributed by atoms with Gasteiger partial charge in [0.25, 0.3) is 0 Å². The lowest BCUT2D eigenvalue weighted by atomic mass is 9.79. The topological polar surface area (TPSA) is 76.5 Å². The quantitative estimate of drug-likeness (QED) is 0.301. The molecule has 204 valence electrons. The van der Waals surface area contributed by atoms with Gasteiger partial charge in [-0.2, -0.15) is 5.06 Å². The second kappa shape index (κ2) is 14.4. The van der Waals surface area contributed by atoms with Crippen molar-refractivity contribution in [1.29, 1.82) is 0 Å². The summed E-state index contributed by atoms with van der Waals surface area (Å²) >= 11 is 0. The molecule has 0 aliphatic carbocycles. The van der Waals surface area contributed by atoms with Crippen molar-refractivity contribution in [3.8, 4) is 0 Å². The van der Waals surface area contributed by atoms with Crippen LogP contribution >= 0.6 is 0 Å². The predicted octanol–water partition coefficient (Wildman–Crippen LogP) is 4.83. The fourth-order valence-electron chi connectivity index (χ4n) is 5.28. The van der Waals surface area contributed by atoms with Gasteiger partial charge < -0.3 is 10.2 Å². The van der Waals surface area contributed by atoms with Gasteiger partial charge >= 0.3 is 0 Å². The summed E-state index contributed by atoms with van der Waals surface area (Å²) in [4.78, 5) is 18.5. The normalized spacial score (nSPS) is 22.3. The lowest BCUT2D eigenvalue weighted by Gasteiger charge is -2.54. The molecule has 2 aliphatic rings. The minimum absolute atomic E-state index is 0.0756. The Balaban J connectivity index is 2.18. The van der Waals surface area contributed by atoms with Gasteiger partial charge in [0, 0.05) is 30.2 Å². The van der Waals surface area contributed by atoms with Crippen LogP contribution in [0, 0.1) is 0 Å². The molecule has 3 N–H and O–H groups in total. The molecule has 0 radical (unpaired) electrons. The van der Waals surface area contributed by atoms with Crippen molar-refractivity contribution < 1.29 is 4.84 Å². The Kier molecular flexibility index (Phi) is 12.3. The molecule has 1 atom stereocenters. The van der Waals surface area contributed by atoms with Gasteiger partial charge in [-0.15, -0.1) is 0 Å². The molecule has 0 aromatic carbocycles. The van der Waals surface area contributed by atoms with Crippen LogP contribution in [-0.4, -0.2) is 71.5 Å². The van der Waals surface area contributed by atoms with E-state index in [1.54, 1.807) is 0 Å². The van der Waals surface area contributed by atoms with E-state index in [2.05, 4.69) is 81.3 Å². The van der Waals surface area contributed by atoms with Gasteiger partial charge in [-0.3, -0.25) is 15.5 Å². The van der Waals surface area contributed by atoms with E-state index in [0.717, 1.165) is 83.1 Å². The highest BCUT2D eigenvalue weighted by molar-refractivity contribution is 6.00. The summed E-state index contributed by atoms with van der Waals surface area (Å²) in [7, 11) is 0. The molecule has 1 saturated heterocycles. The van der Waals surface area contributed by atoms with Crippen molar-refractivity contribution in [3.05, 3.63) is 0 Å². The summed E-state index contributed by atoms with van der Waals surface area (Å²) in [5.41, 5.74) is -0.151. The number of unbranched alkanes of at least 4 members (excludes halogenated alkanes) is 3. The SMILES string of the molecule is CCCCNC1N=C(NC2CC(C)(C)N(OCCC)C(C)(C)C2)NC(N(CCCC)CCCC)=N1.